The first kappa shape index (κ1) is 12.7. The van der Waals surface area contributed by atoms with Gasteiger partial charge in [-0.2, -0.15) is 0 Å². The van der Waals surface area contributed by atoms with Gasteiger partial charge in [-0.05, 0) is 44.2 Å². The van der Waals surface area contributed by atoms with Crippen LogP contribution in [0.2, 0.25) is 0 Å². The Bertz CT molecular complexity index is 496. The van der Waals surface area contributed by atoms with Gasteiger partial charge < -0.3 is 10.3 Å². The molecule has 0 spiro atoms. The average molecular weight is 261 g/mol. The van der Waals surface area contributed by atoms with Gasteiger partial charge in [0.25, 0.3) is 5.56 Å². The largest absolute Gasteiger partial charge is 0.398 e. The number of fused-ring (bicyclic) bond motifs is 1. The Morgan fingerprint density at radius 1 is 1.16 bits per heavy atom. The van der Waals surface area contributed by atoms with E-state index in [2.05, 4.69) is 4.90 Å². The van der Waals surface area contributed by atoms with E-state index in [-0.39, 0.29) is 5.56 Å². The van der Waals surface area contributed by atoms with E-state index in [9.17, 15) is 4.79 Å². The molecule has 1 aromatic heterocycles. The standard InChI is InChI=1S/C15H23N3O/c16-13-6-7-15(19)18(11-13)10-9-17-8-2-4-12-3-1-5-14(12)17/h6-7,11-12,14H,1-5,8-10,16H2. The molecule has 1 saturated carbocycles. The lowest BCUT2D eigenvalue weighted by Crippen LogP contribution is -2.44. The highest BCUT2D eigenvalue weighted by atomic mass is 16.1. The Morgan fingerprint density at radius 3 is 2.89 bits per heavy atom. The van der Waals surface area contributed by atoms with Crippen LogP contribution in [0.3, 0.4) is 0 Å². The number of piperidine rings is 1. The number of aromatic nitrogens is 1. The summed E-state index contributed by atoms with van der Waals surface area (Å²) >= 11 is 0. The van der Waals surface area contributed by atoms with Gasteiger partial charge in [-0.1, -0.05) is 6.42 Å². The van der Waals surface area contributed by atoms with E-state index in [0.29, 0.717) is 5.69 Å². The van der Waals surface area contributed by atoms with Crippen molar-refractivity contribution in [1.82, 2.24) is 9.47 Å². The van der Waals surface area contributed by atoms with Crippen LogP contribution in [0.15, 0.2) is 23.1 Å². The number of hydrogen-bond donors (Lipinski definition) is 1. The Morgan fingerprint density at radius 2 is 2.00 bits per heavy atom. The number of pyridine rings is 1. The van der Waals surface area contributed by atoms with E-state index < -0.39 is 0 Å². The first-order chi connectivity index (χ1) is 9.24. The fourth-order valence-corrected chi connectivity index (χ4v) is 3.80. The Labute approximate surface area is 114 Å². The monoisotopic (exact) mass is 261 g/mol. The third kappa shape index (κ3) is 2.68. The van der Waals surface area contributed by atoms with Gasteiger partial charge in [0.2, 0.25) is 0 Å². The zero-order chi connectivity index (χ0) is 13.2. The molecule has 1 aliphatic heterocycles. The lowest BCUT2D eigenvalue weighted by molar-refractivity contribution is 0.109. The first-order valence-electron chi connectivity index (χ1n) is 7.44. The summed E-state index contributed by atoms with van der Waals surface area (Å²) in [7, 11) is 0. The predicted molar refractivity (Wildman–Crippen MR) is 77.1 cm³/mol. The molecule has 4 nitrogen and oxygen atoms in total. The van der Waals surface area contributed by atoms with Crippen LogP contribution in [-0.2, 0) is 6.54 Å². The van der Waals surface area contributed by atoms with Crippen LogP contribution in [0.5, 0.6) is 0 Å². The third-order valence-corrected chi connectivity index (χ3v) is 4.74. The number of anilines is 1. The molecule has 3 rings (SSSR count). The lowest BCUT2D eigenvalue weighted by Gasteiger charge is -2.37. The van der Waals surface area contributed by atoms with Gasteiger partial charge in [-0.15, -0.1) is 0 Å². The molecule has 0 amide bonds. The topological polar surface area (TPSA) is 51.3 Å². The van der Waals surface area contributed by atoms with E-state index >= 15 is 0 Å². The average Bonchev–Trinajstić information content (AvgIpc) is 2.88. The molecule has 2 atom stereocenters. The van der Waals surface area contributed by atoms with Crippen molar-refractivity contribution in [2.45, 2.75) is 44.7 Å². The highest BCUT2D eigenvalue weighted by molar-refractivity contribution is 5.33. The van der Waals surface area contributed by atoms with Crippen molar-refractivity contribution >= 4 is 5.69 Å². The quantitative estimate of drug-likeness (QED) is 0.901. The van der Waals surface area contributed by atoms with Crippen molar-refractivity contribution < 1.29 is 0 Å². The van der Waals surface area contributed by atoms with Gasteiger partial charge in [0.05, 0.1) is 0 Å². The fraction of sp³-hybridized carbons (Fsp3) is 0.667. The summed E-state index contributed by atoms with van der Waals surface area (Å²) in [5.74, 6) is 0.909. The molecule has 2 heterocycles. The van der Waals surface area contributed by atoms with Crippen LogP contribution in [0.25, 0.3) is 0 Å². The molecular formula is C15H23N3O. The molecule has 0 bridgehead atoms. The number of nitrogen functional groups attached to an aromatic ring is 1. The maximum absolute atomic E-state index is 11.8. The molecule has 19 heavy (non-hydrogen) atoms. The second kappa shape index (κ2) is 5.37. The van der Waals surface area contributed by atoms with Gasteiger partial charge in [-0.25, -0.2) is 0 Å². The zero-order valence-electron chi connectivity index (χ0n) is 11.4. The summed E-state index contributed by atoms with van der Waals surface area (Å²) in [6, 6.07) is 4.00. The van der Waals surface area contributed by atoms with Crippen LogP contribution in [0.4, 0.5) is 5.69 Å². The van der Waals surface area contributed by atoms with Crippen molar-refractivity contribution in [2.75, 3.05) is 18.8 Å². The molecule has 2 N–H and O–H groups in total. The van der Waals surface area contributed by atoms with E-state index in [1.54, 1.807) is 22.9 Å². The van der Waals surface area contributed by atoms with Crippen LogP contribution in [-0.4, -0.2) is 28.6 Å². The zero-order valence-corrected chi connectivity index (χ0v) is 11.4. The second-order valence-corrected chi connectivity index (χ2v) is 5.93. The summed E-state index contributed by atoms with van der Waals surface area (Å²) in [5, 5.41) is 0. The summed E-state index contributed by atoms with van der Waals surface area (Å²) in [6.45, 7) is 2.93. The van der Waals surface area contributed by atoms with E-state index in [4.69, 9.17) is 5.73 Å². The van der Waals surface area contributed by atoms with E-state index in [0.717, 1.165) is 25.0 Å². The smallest absolute Gasteiger partial charge is 0.250 e. The summed E-state index contributed by atoms with van der Waals surface area (Å²) in [6.07, 6.45) is 8.60. The molecule has 2 unspecified atom stereocenters. The van der Waals surface area contributed by atoms with Crippen LogP contribution in [0, 0.1) is 5.92 Å². The second-order valence-electron chi connectivity index (χ2n) is 5.93. The number of nitrogens with two attached hydrogens (primary N) is 1. The lowest BCUT2D eigenvalue weighted by atomic mass is 9.92. The highest BCUT2D eigenvalue weighted by Crippen LogP contribution is 2.36. The summed E-state index contributed by atoms with van der Waals surface area (Å²) in [4.78, 5) is 14.4. The van der Waals surface area contributed by atoms with Crippen molar-refractivity contribution in [2.24, 2.45) is 5.92 Å². The molecular weight excluding hydrogens is 238 g/mol. The summed E-state index contributed by atoms with van der Waals surface area (Å²) < 4.78 is 1.74. The van der Waals surface area contributed by atoms with Crippen molar-refractivity contribution in [1.29, 1.82) is 0 Å². The highest BCUT2D eigenvalue weighted by Gasteiger charge is 2.34. The summed E-state index contributed by atoms with van der Waals surface area (Å²) in [5.41, 5.74) is 6.46. The third-order valence-electron chi connectivity index (χ3n) is 4.74. The molecule has 104 valence electrons. The fourth-order valence-electron chi connectivity index (χ4n) is 3.80. The van der Waals surface area contributed by atoms with Crippen molar-refractivity contribution in [3.63, 3.8) is 0 Å². The number of rotatable bonds is 3. The van der Waals surface area contributed by atoms with Gasteiger partial charge in [0, 0.05) is 37.1 Å². The minimum Gasteiger partial charge on any atom is -0.398 e. The number of nitrogens with zero attached hydrogens (tertiary/aromatic N) is 2. The van der Waals surface area contributed by atoms with Crippen molar-refractivity contribution in [3.8, 4) is 0 Å². The molecule has 4 heteroatoms. The molecule has 2 fully saturated rings. The number of likely N-dealkylation sites (tertiary alicyclic amines) is 1. The van der Waals surface area contributed by atoms with Gasteiger partial charge in [0.1, 0.15) is 0 Å². The van der Waals surface area contributed by atoms with E-state index in [1.165, 1.54) is 38.6 Å². The molecule has 1 saturated heterocycles. The molecule has 1 aliphatic carbocycles. The first-order valence-corrected chi connectivity index (χ1v) is 7.44. The van der Waals surface area contributed by atoms with Gasteiger partial charge in [-0.3, -0.25) is 9.69 Å². The molecule has 0 aromatic carbocycles. The Hall–Kier alpha value is -1.29. The maximum atomic E-state index is 11.8. The predicted octanol–water partition coefficient (Wildman–Crippen LogP) is 1.69. The molecule has 1 aromatic rings. The van der Waals surface area contributed by atoms with Crippen LogP contribution < -0.4 is 11.3 Å². The molecule has 2 aliphatic rings. The van der Waals surface area contributed by atoms with Gasteiger partial charge in [0.15, 0.2) is 0 Å². The minimum absolute atomic E-state index is 0.0502. The SMILES string of the molecule is Nc1ccc(=O)n(CCN2CCCC3CCCC32)c1. The Balaban J connectivity index is 1.65. The minimum atomic E-state index is 0.0502. The van der Waals surface area contributed by atoms with E-state index in [1.807, 2.05) is 0 Å². The number of hydrogen-bond acceptors (Lipinski definition) is 3. The van der Waals surface area contributed by atoms with Crippen LogP contribution >= 0.6 is 0 Å². The normalized spacial score (nSPS) is 27.4. The Kier molecular flexibility index (Phi) is 3.60. The van der Waals surface area contributed by atoms with Crippen molar-refractivity contribution in [3.05, 3.63) is 28.7 Å². The van der Waals surface area contributed by atoms with Gasteiger partial charge >= 0.3 is 0 Å². The molecule has 0 radical (unpaired) electrons. The maximum Gasteiger partial charge on any atom is 0.250 e. The van der Waals surface area contributed by atoms with Crippen LogP contribution in [0.1, 0.15) is 32.1 Å².